The standard InChI is InChI=1S/C34H31BrN2.C2H6/c1-24-13-15-31(23-33(24)32-17-14-27(35)21-25(32)2)37(29-11-7-4-8-12-29)30-16-18-34-26(22-30)19-20-36(34)28-9-5-3-6-10-28;1-2/h3-7,9-11,13-17,19-23,34H,8,12,18H2,1-2H3;1-2H3. The lowest BCUT2D eigenvalue weighted by Gasteiger charge is -2.34. The van der Waals surface area contributed by atoms with Gasteiger partial charge >= 0.3 is 0 Å². The van der Waals surface area contributed by atoms with Gasteiger partial charge in [0, 0.05) is 33.4 Å². The molecule has 0 fully saturated rings. The van der Waals surface area contributed by atoms with E-state index in [-0.39, 0.29) is 0 Å². The molecule has 1 heterocycles. The summed E-state index contributed by atoms with van der Waals surface area (Å²) in [5.41, 5.74) is 11.6. The molecular formula is C36H37BrN2. The smallest absolute Gasteiger partial charge is 0.0622 e. The molecule has 1 aliphatic heterocycles. The third-order valence-electron chi connectivity index (χ3n) is 7.56. The topological polar surface area (TPSA) is 6.48 Å². The normalized spacial score (nSPS) is 17.5. The predicted molar refractivity (Wildman–Crippen MR) is 172 cm³/mol. The van der Waals surface area contributed by atoms with Crippen molar-refractivity contribution in [3.8, 4) is 11.1 Å². The van der Waals surface area contributed by atoms with Crippen LogP contribution in [0.25, 0.3) is 11.1 Å². The monoisotopic (exact) mass is 576 g/mol. The molecule has 39 heavy (non-hydrogen) atoms. The van der Waals surface area contributed by atoms with E-state index >= 15 is 0 Å². The number of benzene rings is 3. The summed E-state index contributed by atoms with van der Waals surface area (Å²) in [5.74, 6) is 0. The number of fused-ring (bicyclic) bond motifs is 1. The van der Waals surface area contributed by atoms with Crippen molar-refractivity contribution in [1.82, 2.24) is 0 Å². The van der Waals surface area contributed by atoms with Crippen LogP contribution in [-0.4, -0.2) is 6.04 Å². The highest BCUT2D eigenvalue weighted by Crippen LogP contribution is 2.39. The number of hydrogen-bond donors (Lipinski definition) is 0. The fourth-order valence-electron chi connectivity index (χ4n) is 5.65. The fraction of sp³-hybridized carbons (Fsp3) is 0.222. The van der Waals surface area contributed by atoms with Crippen molar-refractivity contribution in [3.05, 3.63) is 142 Å². The molecule has 3 aromatic rings. The molecule has 3 aromatic carbocycles. The van der Waals surface area contributed by atoms with Crippen molar-refractivity contribution in [2.75, 3.05) is 9.80 Å². The average Bonchev–Trinajstić information content (AvgIpc) is 3.40. The lowest BCUT2D eigenvalue weighted by atomic mass is 9.94. The van der Waals surface area contributed by atoms with Crippen LogP contribution in [0.5, 0.6) is 0 Å². The van der Waals surface area contributed by atoms with Crippen LogP contribution in [0.4, 0.5) is 11.4 Å². The van der Waals surface area contributed by atoms with Crippen molar-refractivity contribution < 1.29 is 0 Å². The van der Waals surface area contributed by atoms with Gasteiger partial charge in [-0.25, -0.2) is 0 Å². The molecule has 0 amide bonds. The number of hydrogen-bond acceptors (Lipinski definition) is 2. The number of nitrogens with zero attached hydrogens (tertiary/aromatic N) is 2. The van der Waals surface area contributed by atoms with Crippen molar-refractivity contribution in [1.29, 1.82) is 0 Å². The molecule has 0 radical (unpaired) electrons. The SMILES string of the molecule is CC.Cc1cc(Br)ccc1-c1cc(N(C2=CCC3C(=C2)C=CN3c2ccccc2)C2=CC=CCC2)ccc1C. The van der Waals surface area contributed by atoms with Gasteiger partial charge in [0.2, 0.25) is 0 Å². The van der Waals surface area contributed by atoms with E-state index in [1.165, 1.54) is 50.6 Å². The minimum absolute atomic E-state index is 0.354. The second-order valence-electron chi connectivity index (χ2n) is 10.0. The van der Waals surface area contributed by atoms with E-state index in [0.717, 1.165) is 23.7 Å². The summed E-state index contributed by atoms with van der Waals surface area (Å²) >= 11 is 3.63. The number of allylic oxidation sites excluding steroid dienone is 5. The van der Waals surface area contributed by atoms with Crippen molar-refractivity contribution in [2.24, 2.45) is 0 Å². The van der Waals surface area contributed by atoms with E-state index in [2.05, 4.69) is 149 Å². The van der Waals surface area contributed by atoms with Crippen LogP contribution in [0.1, 0.15) is 44.2 Å². The van der Waals surface area contributed by atoms with Crippen molar-refractivity contribution >= 4 is 27.3 Å². The molecule has 0 N–H and O–H groups in total. The first kappa shape index (κ1) is 27.0. The molecule has 1 unspecified atom stereocenters. The van der Waals surface area contributed by atoms with Gasteiger partial charge in [-0.15, -0.1) is 0 Å². The van der Waals surface area contributed by atoms with E-state index in [4.69, 9.17) is 0 Å². The maximum atomic E-state index is 3.63. The van der Waals surface area contributed by atoms with Crippen LogP contribution in [0.2, 0.25) is 0 Å². The molecule has 0 spiro atoms. The van der Waals surface area contributed by atoms with Gasteiger partial charge in [-0.05, 0) is 116 Å². The second kappa shape index (κ2) is 12.1. The minimum Gasteiger partial charge on any atom is -0.340 e. The molecular weight excluding hydrogens is 540 g/mol. The van der Waals surface area contributed by atoms with Gasteiger partial charge in [0.15, 0.2) is 0 Å². The molecule has 1 atom stereocenters. The Morgan fingerprint density at radius 3 is 2.46 bits per heavy atom. The van der Waals surface area contributed by atoms with Crippen LogP contribution >= 0.6 is 15.9 Å². The molecule has 3 aliphatic rings. The highest BCUT2D eigenvalue weighted by Gasteiger charge is 2.29. The first-order valence-corrected chi connectivity index (χ1v) is 14.8. The van der Waals surface area contributed by atoms with Crippen molar-refractivity contribution in [3.63, 3.8) is 0 Å². The number of halogens is 1. The van der Waals surface area contributed by atoms with E-state index in [0.29, 0.717) is 6.04 Å². The zero-order valence-corrected chi connectivity index (χ0v) is 24.9. The first-order valence-electron chi connectivity index (χ1n) is 14.0. The van der Waals surface area contributed by atoms with Gasteiger partial charge in [-0.2, -0.15) is 0 Å². The lowest BCUT2D eigenvalue weighted by molar-refractivity contribution is 0.765. The van der Waals surface area contributed by atoms with Crippen LogP contribution in [0.3, 0.4) is 0 Å². The summed E-state index contributed by atoms with van der Waals surface area (Å²) in [7, 11) is 0. The molecule has 3 heteroatoms. The molecule has 2 aliphatic carbocycles. The summed E-state index contributed by atoms with van der Waals surface area (Å²) in [6.45, 7) is 8.40. The largest absolute Gasteiger partial charge is 0.340 e. The van der Waals surface area contributed by atoms with Gasteiger partial charge in [0.05, 0.1) is 6.04 Å². The van der Waals surface area contributed by atoms with E-state index in [1.807, 2.05) is 13.8 Å². The first-order chi connectivity index (χ1) is 19.1. The van der Waals surface area contributed by atoms with Gasteiger partial charge in [-0.3, -0.25) is 0 Å². The number of anilines is 2. The Bertz CT molecular complexity index is 1490. The Morgan fingerprint density at radius 2 is 1.72 bits per heavy atom. The summed E-state index contributed by atoms with van der Waals surface area (Å²) in [5, 5.41) is 0. The molecule has 6 rings (SSSR count). The third kappa shape index (κ3) is 5.60. The zero-order valence-electron chi connectivity index (χ0n) is 23.4. The lowest BCUT2D eigenvalue weighted by Crippen LogP contribution is -2.31. The molecule has 0 aromatic heterocycles. The maximum Gasteiger partial charge on any atom is 0.0622 e. The highest BCUT2D eigenvalue weighted by molar-refractivity contribution is 9.10. The summed E-state index contributed by atoms with van der Waals surface area (Å²) in [6.07, 6.45) is 19.1. The average molecular weight is 578 g/mol. The Morgan fingerprint density at radius 1 is 0.897 bits per heavy atom. The van der Waals surface area contributed by atoms with Crippen LogP contribution in [-0.2, 0) is 0 Å². The molecule has 198 valence electrons. The maximum absolute atomic E-state index is 3.63. The Hall–Kier alpha value is -3.56. The van der Waals surface area contributed by atoms with Gasteiger partial charge in [-0.1, -0.05) is 78.3 Å². The molecule has 0 bridgehead atoms. The van der Waals surface area contributed by atoms with Gasteiger partial charge in [0.25, 0.3) is 0 Å². The number of aryl methyl sites for hydroxylation is 2. The Labute approximate surface area is 242 Å². The van der Waals surface area contributed by atoms with Gasteiger partial charge < -0.3 is 9.80 Å². The number of para-hydroxylation sites is 1. The van der Waals surface area contributed by atoms with Gasteiger partial charge in [0.1, 0.15) is 0 Å². The summed E-state index contributed by atoms with van der Waals surface area (Å²) < 4.78 is 1.12. The predicted octanol–water partition coefficient (Wildman–Crippen LogP) is 10.4. The second-order valence-corrected chi connectivity index (χ2v) is 10.9. The molecule has 0 saturated carbocycles. The highest BCUT2D eigenvalue weighted by atomic mass is 79.9. The van der Waals surface area contributed by atoms with E-state index < -0.39 is 0 Å². The molecule has 2 nitrogen and oxygen atoms in total. The number of rotatable bonds is 5. The van der Waals surface area contributed by atoms with Crippen LogP contribution in [0, 0.1) is 13.8 Å². The fourth-order valence-corrected chi connectivity index (χ4v) is 6.12. The minimum atomic E-state index is 0.354. The van der Waals surface area contributed by atoms with Crippen LogP contribution < -0.4 is 9.80 Å². The van der Waals surface area contributed by atoms with E-state index in [1.54, 1.807) is 0 Å². The van der Waals surface area contributed by atoms with E-state index in [9.17, 15) is 0 Å². The van der Waals surface area contributed by atoms with Crippen molar-refractivity contribution in [2.45, 2.75) is 53.0 Å². The van der Waals surface area contributed by atoms with Crippen LogP contribution in [0.15, 0.2) is 131 Å². The zero-order chi connectivity index (χ0) is 27.4. The molecule has 0 saturated heterocycles. The summed E-state index contributed by atoms with van der Waals surface area (Å²) in [4.78, 5) is 4.87. The third-order valence-corrected chi connectivity index (χ3v) is 8.06. The quantitative estimate of drug-likeness (QED) is 0.298. The Balaban J connectivity index is 0.00000151. The Kier molecular flexibility index (Phi) is 8.38. The summed E-state index contributed by atoms with van der Waals surface area (Å²) in [6, 6.07) is 24.5.